The van der Waals surface area contributed by atoms with E-state index in [1.54, 1.807) is 24.3 Å². The van der Waals surface area contributed by atoms with Crippen LogP contribution < -0.4 is 11.2 Å². The van der Waals surface area contributed by atoms with Crippen LogP contribution in [0, 0.1) is 10.1 Å². The number of hydrazone groups is 1. The molecule has 0 heterocycles. The van der Waals surface area contributed by atoms with Crippen molar-refractivity contribution in [1.29, 1.82) is 0 Å². The van der Waals surface area contributed by atoms with E-state index < -0.39 is 4.92 Å². The van der Waals surface area contributed by atoms with Gasteiger partial charge in [-0.25, -0.2) is 0 Å². The fourth-order valence-electron chi connectivity index (χ4n) is 1.04. The lowest BCUT2D eigenvalue weighted by Gasteiger charge is -1.93. The first-order chi connectivity index (χ1) is 8.09. The number of nitrogens with zero attached hydrogens (tertiary/aromatic N) is 2. The van der Waals surface area contributed by atoms with Crippen LogP contribution in [0.25, 0.3) is 6.08 Å². The van der Waals surface area contributed by atoms with E-state index in [0.717, 1.165) is 0 Å². The maximum absolute atomic E-state index is 10.5. The second kappa shape index (κ2) is 6.33. The topological polar surface area (TPSA) is 93.5 Å². The average Bonchev–Trinajstić information content (AvgIpc) is 2.28. The van der Waals surface area contributed by atoms with Gasteiger partial charge in [-0.3, -0.25) is 15.5 Å². The highest BCUT2D eigenvalue weighted by Gasteiger charge is 2.02. The second-order valence-corrected chi connectivity index (χ2v) is 3.41. The van der Waals surface area contributed by atoms with Gasteiger partial charge in [-0.2, -0.15) is 5.10 Å². The van der Waals surface area contributed by atoms with Crippen LogP contribution in [0.4, 0.5) is 5.69 Å². The van der Waals surface area contributed by atoms with Gasteiger partial charge in [0.2, 0.25) is 0 Å². The van der Waals surface area contributed by atoms with Crippen LogP contribution in [0.2, 0.25) is 0 Å². The van der Waals surface area contributed by atoms with E-state index in [0.29, 0.717) is 5.56 Å². The maximum Gasteiger partial charge on any atom is 0.270 e. The average molecular weight is 250 g/mol. The Hall–Kier alpha value is -2.28. The van der Waals surface area contributed by atoms with Gasteiger partial charge in [-0.05, 0) is 23.9 Å². The number of nitrogens with two attached hydrogens (primary N) is 1. The summed E-state index contributed by atoms with van der Waals surface area (Å²) >= 11 is 4.54. The predicted molar refractivity (Wildman–Crippen MR) is 70.5 cm³/mol. The normalized spacial score (nSPS) is 10.8. The number of hydrogen-bond donors (Lipinski definition) is 2. The molecule has 0 spiro atoms. The molecular weight excluding hydrogens is 240 g/mol. The number of thiocarbonyl (C=S) groups is 1. The van der Waals surface area contributed by atoms with Crippen molar-refractivity contribution in [2.45, 2.75) is 0 Å². The summed E-state index contributed by atoms with van der Waals surface area (Å²) in [7, 11) is 0. The molecule has 1 aromatic carbocycles. The summed E-state index contributed by atoms with van der Waals surface area (Å²) in [4.78, 5) is 10.1. The molecule has 0 bridgehead atoms. The van der Waals surface area contributed by atoms with E-state index in [-0.39, 0.29) is 10.8 Å². The van der Waals surface area contributed by atoms with Crippen LogP contribution in [0.5, 0.6) is 0 Å². The van der Waals surface area contributed by atoms with Gasteiger partial charge in [0, 0.05) is 18.3 Å². The van der Waals surface area contributed by atoms with Gasteiger partial charge in [-0.15, -0.1) is 0 Å². The first kappa shape index (κ1) is 12.8. The van der Waals surface area contributed by atoms with Crippen LogP contribution in [0.3, 0.4) is 0 Å². The van der Waals surface area contributed by atoms with Crippen molar-refractivity contribution in [2.24, 2.45) is 10.8 Å². The van der Waals surface area contributed by atoms with Gasteiger partial charge in [0.05, 0.1) is 4.92 Å². The van der Waals surface area contributed by atoms with Crippen molar-refractivity contribution in [3.8, 4) is 0 Å². The molecule has 3 N–H and O–H groups in total. The zero-order chi connectivity index (χ0) is 12.7. The van der Waals surface area contributed by atoms with Crippen LogP contribution in [-0.2, 0) is 0 Å². The third-order valence-corrected chi connectivity index (χ3v) is 1.80. The van der Waals surface area contributed by atoms with E-state index in [1.807, 2.05) is 0 Å². The third-order valence-electron chi connectivity index (χ3n) is 1.71. The van der Waals surface area contributed by atoms with Crippen LogP contribution >= 0.6 is 12.2 Å². The van der Waals surface area contributed by atoms with E-state index in [4.69, 9.17) is 5.73 Å². The minimum atomic E-state index is -0.445. The van der Waals surface area contributed by atoms with Gasteiger partial charge in [0.1, 0.15) is 0 Å². The molecule has 0 saturated carbocycles. The summed E-state index contributed by atoms with van der Waals surface area (Å²) in [5.41, 5.74) is 8.28. The number of non-ortho nitro benzene ring substituents is 1. The van der Waals surface area contributed by atoms with E-state index in [9.17, 15) is 10.1 Å². The predicted octanol–water partition coefficient (Wildman–Crippen LogP) is 1.43. The molecule has 0 aliphatic carbocycles. The molecule has 88 valence electrons. The minimum Gasteiger partial charge on any atom is -0.375 e. The first-order valence-corrected chi connectivity index (χ1v) is 5.00. The number of nitrogens with one attached hydrogen (secondary N) is 1. The minimum absolute atomic E-state index is 0.0466. The van der Waals surface area contributed by atoms with Crippen LogP contribution in [0.15, 0.2) is 35.4 Å². The SMILES string of the molecule is NC(=S)NN=CC=Cc1cccc([N+](=O)[O-])c1. The highest BCUT2D eigenvalue weighted by atomic mass is 32.1. The molecule has 0 amide bonds. The van der Waals surface area contributed by atoms with Crippen LogP contribution in [0.1, 0.15) is 5.56 Å². The largest absolute Gasteiger partial charge is 0.375 e. The molecule has 17 heavy (non-hydrogen) atoms. The van der Waals surface area contributed by atoms with Gasteiger partial charge < -0.3 is 5.73 Å². The molecule has 0 aliphatic heterocycles. The quantitative estimate of drug-likeness (QED) is 0.365. The smallest absolute Gasteiger partial charge is 0.270 e. The highest BCUT2D eigenvalue weighted by molar-refractivity contribution is 7.80. The third kappa shape index (κ3) is 4.85. The molecule has 1 aromatic rings. The Morgan fingerprint density at radius 2 is 2.35 bits per heavy atom. The number of benzene rings is 1. The van der Waals surface area contributed by atoms with E-state index in [1.165, 1.54) is 18.3 Å². The molecule has 0 unspecified atom stereocenters. The monoisotopic (exact) mass is 250 g/mol. The Morgan fingerprint density at radius 1 is 1.59 bits per heavy atom. The molecule has 1 rings (SSSR count). The van der Waals surface area contributed by atoms with Crippen molar-refractivity contribution in [2.75, 3.05) is 0 Å². The zero-order valence-corrected chi connectivity index (χ0v) is 9.55. The fourth-order valence-corrected chi connectivity index (χ4v) is 1.09. The van der Waals surface area contributed by atoms with E-state index >= 15 is 0 Å². The molecule has 0 atom stereocenters. The lowest BCUT2D eigenvalue weighted by Crippen LogP contribution is -2.23. The first-order valence-electron chi connectivity index (χ1n) is 4.59. The van der Waals surface area contributed by atoms with Gasteiger partial charge in [-0.1, -0.05) is 18.2 Å². The Bertz CT molecular complexity index is 485. The molecule has 7 heteroatoms. The van der Waals surface area contributed by atoms with Crippen molar-refractivity contribution < 1.29 is 4.92 Å². The Balaban J connectivity index is 2.65. The molecule has 0 aliphatic rings. The molecule has 6 nitrogen and oxygen atoms in total. The summed E-state index contributed by atoms with van der Waals surface area (Å²) in [5.74, 6) is 0. The summed E-state index contributed by atoms with van der Waals surface area (Å²) in [6.45, 7) is 0. The molecule has 0 saturated heterocycles. The fraction of sp³-hybridized carbons (Fsp3) is 0. The van der Waals surface area contributed by atoms with Gasteiger partial charge in [0.25, 0.3) is 5.69 Å². The Kier molecular flexibility index (Phi) is 4.77. The molecule has 0 aromatic heterocycles. The van der Waals surface area contributed by atoms with Gasteiger partial charge in [0.15, 0.2) is 5.11 Å². The standard InChI is InChI=1S/C10H10N4O2S/c11-10(17)13-12-6-2-4-8-3-1-5-9(7-8)14(15)16/h1-7H,(H3,11,13,17). The van der Waals surface area contributed by atoms with Crippen molar-refractivity contribution in [3.05, 3.63) is 46.0 Å². The lowest BCUT2D eigenvalue weighted by molar-refractivity contribution is -0.384. The number of rotatable bonds is 4. The summed E-state index contributed by atoms with van der Waals surface area (Å²) in [5, 5.41) is 14.3. The maximum atomic E-state index is 10.5. The molecule has 0 fully saturated rings. The van der Waals surface area contributed by atoms with Crippen LogP contribution in [-0.4, -0.2) is 16.3 Å². The van der Waals surface area contributed by atoms with Crippen molar-refractivity contribution in [3.63, 3.8) is 0 Å². The second-order valence-electron chi connectivity index (χ2n) is 2.97. The number of allylic oxidation sites excluding steroid dienone is 1. The highest BCUT2D eigenvalue weighted by Crippen LogP contribution is 2.13. The van der Waals surface area contributed by atoms with Gasteiger partial charge >= 0.3 is 0 Å². The summed E-state index contributed by atoms with van der Waals surface area (Å²) in [6, 6.07) is 6.26. The summed E-state index contributed by atoms with van der Waals surface area (Å²) < 4.78 is 0. The van der Waals surface area contributed by atoms with Crippen molar-refractivity contribution in [1.82, 2.24) is 5.43 Å². The van der Waals surface area contributed by atoms with E-state index in [2.05, 4.69) is 22.7 Å². The molecule has 0 radical (unpaired) electrons. The number of nitro groups is 1. The zero-order valence-electron chi connectivity index (χ0n) is 8.74. The Labute approximate surface area is 103 Å². The summed E-state index contributed by atoms with van der Waals surface area (Å²) in [6.07, 6.45) is 4.74. The van der Waals surface area contributed by atoms with Crippen molar-refractivity contribution >= 4 is 35.3 Å². The molecular formula is C10H10N4O2S. The number of nitro benzene ring substituents is 1. The number of hydrogen-bond acceptors (Lipinski definition) is 4. The Morgan fingerprint density at radius 3 is 3.00 bits per heavy atom. The lowest BCUT2D eigenvalue weighted by atomic mass is 10.2.